The molecule has 1 aromatic carbocycles. The minimum atomic E-state index is 0.212. The van der Waals surface area contributed by atoms with Gasteiger partial charge in [-0.15, -0.1) is 11.3 Å². The fraction of sp³-hybridized carbons (Fsp3) is 0.333. The highest BCUT2D eigenvalue weighted by molar-refractivity contribution is 7.09. The van der Waals surface area contributed by atoms with Crippen LogP contribution in [0.25, 0.3) is 0 Å². The Morgan fingerprint density at radius 3 is 2.58 bits per heavy atom. The van der Waals surface area contributed by atoms with Gasteiger partial charge in [0.25, 0.3) is 0 Å². The number of rotatable bonds is 6. The van der Waals surface area contributed by atoms with Gasteiger partial charge in [0.1, 0.15) is 0 Å². The van der Waals surface area contributed by atoms with Crippen molar-refractivity contribution in [2.24, 2.45) is 0 Å². The second kappa shape index (κ2) is 6.59. The molecular formula is C15H19NO2S. The minimum absolute atomic E-state index is 0.212. The number of hydrogen-bond acceptors (Lipinski definition) is 4. The zero-order valence-electron chi connectivity index (χ0n) is 11.5. The van der Waals surface area contributed by atoms with Crippen molar-refractivity contribution in [3.63, 3.8) is 0 Å². The third kappa shape index (κ3) is 3.08. The van der Waals surface area contributed by atoms with Gasteiger partial charge in [0.15, 0.2) is 11.5 Å². The standard InChI is InChI=1S/C15H19NO2S/c1-16-13(10-11-6-5-9-19-11)12-7-4-8-14(17-2)15(12)18-3/h4-9,13,16H,10H2,1-3H3. The summed E-state index contributed by atoms with van der Waals surface area (Å²) < 4.78 is 10.9. The molecule has 0 fully saturated rings. The Bertz CT molecular complexity index is 511. The first kappa shape index (κ1) is 13.9. The largest absolute Gasteiger partial charge is 0.493 e. The Hall–Kier alpha value is -1.52. The molecule has 0 saturated carbocycles. The van der Waals surface area contributed by atoms with Crippen molar-refractivity contribution in [2.75, 3.05) is 21.3 Å². The molecule has 0 spiro atoms. The maximum atomic E-state index is 5.51. The quantitative estimate of drug-likeness (QED) is 0.879. The monoisotopic (exact) mass is 277 g/mol. The van der Waals surface area contributed by atoms with E-state index in [-0.39, 0.29) is 6.04 Å². The zero-order chi connectivity index (χ0) is 13.7. The third-order valence-corrected chi connectivity index (χ3v) is 4.04. The molecule has 3 nitrogen and oxygen atoms in total. The molecular weight excluding hydrogens is 258 g/mol. The van der Waals surface area contributed by atoms with Crippen LogP contribution in [-0.4, -0.2) is 21.3 Å². The zero-order valence-corrected chi connectivity index (χ0v) is 12.3. The molecule has 0 radical (unpaired) electrons. The SMILES string of the molecule is CNC(Cc1cccs1)c1cccc(OC)c1OC. The van der Waals surface area contributed by atoms with Gasteiger partial charge < -0.3 is 14.8 Å². The van der Waals surface area contributed by atoms with Crippen molar-refractivity contribution in [2.45, 2.75) is 12.5 Å². The minimum Gasteiger partial charge on any atom is -0.493 e. The van der Waals surface area contributed by atoms with Gasteiger partial charge in [-0.1, -0.05) is 18.2 Å². The van der Waals surface area contributed by atoms with E-state index in [2.05, 4.69) is 28.9 Å². The molecule has 0 aliphatic carbocycles. The second-order valence-electron chi connectivity index (χ2n) is 4.21. The molecule has 1 aromatic heterocycles. The Balaban J connectivity index is 2.32. The maximum Gasteiger partial charge on any atom is 0.165 e. The average Bonchev–Trinajstić information content (AvgIpc) is 2.96. The highest BCUT2D eigenvalue weighted by Gasteiger charge is 2.18. The van der Waals surface area contributed by atoms with Gasteiger partial charge in [0.2, 0.25) is 0 Å². The molecule has 102 valence electrons. The molecule has 0 bridgehead atoms. The Labute approximate surface area is 118 Å². The Kier molecular flexibility index (Phi) is 4.82. The van der Waals surface area contributed by atoms with Crippen molar-refractivity contribution >= 4 is 11.3 Å². The maximum absolute atomic E-state index is 5.51. The topological polar surface area (TPSA) is 30.5 Å². The van der Waals surface area contributed by atoms with Crippen LogP contribution in [0, 0.1) is 0 Å². The summed E-state index contributed by atoms with van der Waals surface area (Å²) in [6.07, 6.45) is 0.942. The van der Waals surface area contributed by atoms with Crippen LogP contribution < -0.4 is 14.8 Å². The summed E-state index contributed by atoms with van der Waals surface area (Å²) in [5.41, 5.74) is 1.12. The number of hydrogen-bond donors (Lipinski definition) is 1. The van der Waals surface area contributed by atoms with Crippen molar-refractivity contribution < 1.29 is 9.47 Å². The van der Waals surface area contributed by atoms with Crippen LogP contribution in [0.4, 0.5) is 0 Å². The Morgan fingerprint density at radius 2 is 2.00 bits per heavy atom. The Morgan fingerprint density at radius 1 is 1.16 bits per heavy atom. The molecule has 19 heavy (non-hydrogen) atoms. The van der Waals surface area contributed by atoms with Gasteiger partial charge in [0.05, 0.1) is 14.2 Å². The predicted octanol–water partition coefficient (Wildman–Crippen LogP) is 3.27. The molecule has 4 heteroatoms. The van der Waals surface area contributed by atoms with E-state index in [9.17, 15) is 0 Å². The fourth-order valence-electron chi connectivity index (χ4n) is 2.18. The second-order valence-corrected chi connectivity index (χ2v) is 5.24. The average molecular weight is 277 g/mol. The first-order valence-electron chi connectivity index (χ1n) is 6.20. The number of nitrogens with one attached hydrogen (secondary N) is 1. The van der Waals surface area contributed by atoms with Gasteiger partial charge in [0, 0.05) is 22.9 Å². The third-order valence-electron chi connectivity index (χ3n) is 3.14. The lowest BCUT2D eigenvalue weighted by Gasteiger charge is -2.20. The predicted molar refractivity (Wildman–Crippen MR) is 79.4 cm³/mol. The number of benzene rings is 1. The summed E-state index contributed by atoms with van der Waals surface area (Å²) in [7, 11) is 5.31. The van der Waals surface area contributed by atoms with Crippen molar-refractivity contribution in [3.8, 4) is 11.5 Å². The lowest BCUT2D eigenvalue weighted by Crippen LogP contribution is -2.19. The highest BCUT2D eigenvalue weighted by Crippen LogP contribution is 2.35. The van der Waals surface area contributed by atoms with Crippen LogP contribution in [0.15, 0.2) is 35.7 Å². The molecule has 2 aromatic rings. The lowest BCUT2D eigenvalue weighted by atomic mass is 10.0. The van der Waals surface area contributed by atoms with Gasteiger partial charge in [-0.05, 0) is 24.6 Å². The first-order chi connectivity index (χ1) is 9.30. The number of methoxy groups -OCH3 is 2. The van der Waals surface area contributed by atoms with E-state index in [0.717, 1.165) is 23.5 Å². The molecule has 2 rings (SSSR count). The number of likely N-dealkylation sites (N-methyl/N-ethyl adjacent to an activating group) is 1. The van der Waals surface area contributed by atoms with Crippen LogP contribution >= 0.6 is 11.3 Å². The first-order valence-corrected chi connectivity index (χ1v) is 7.08. The highest BCUT2D eigenvalue weighted by atomic mass is 32.1. The van der Waals surface area contributed by atoms with Gasteiger partial charge >= 0.3 is 0 Å². The molecule has 1 atom stereocenters. The number of thiophene rings is 1. The summed E-state index contributed by atoms with van der Waals surface area (Å²) in [5.74, 6) is 1.58. The van der Waals surface area contributed by atoms with E-state index in [1.54, 1.807) is 25.6 Å². The summed E-state index contributed by atoms with van der Waals surface area (Å²) >= 11 is 1.77. The van der Waals surface area contributed by atoms with Crippen molar-refractivity contribution in [1.29, 1.82) is 0 Å². The molecule has 1 N–H and O–H groups in total. The van der Waals surface area contributed by atoms with Crippen molar-refractivity contribution in [3.05, 3.63) is 46.2 Å². The lowest BCUT2D eigenvalue weighted by molar-refractivity contribution is 0.347. The molecule has 0 aliphatic heterocycles. The van der Waals surface area contributed by atoms with E-state index < -0.39 is 0 Å². The number of ether oxygens (including phenoxy) is 2. The van der Waals surface area contributed by atoms with E-state index in [1.807, 2.05) is 19.2 Å². The smallest absolute Gasteiger partial charge is 0.165 e. The number of para-hydroxylation sites is 1. The molecule has 0 amide bonds. The van der Waals surface area contributed by atoms with Gasteiger partial charge in [-0.25, -0.2) is 0 Å². The van der Waals surface area contributed by atoms with Crippen LogP contribution in [0.1, 0.15) is 16.5 Å². The van der Waals surface area contributed by atoms with E-state index >= 15 is 0 Å². The molecule has 0 saturated heterocycles. The van der Waals surface area contributed by atoms with Crippen LogP contribution in [0.2, 0.25) is 0 Å². The van der Waals surface area contributed by atoms with Gasteiger partial charge in [-0.3, -0.25) is 0 Å². The summed E-state index contributed by atoms with van der Waals surface area (Å²) in [4.78, 5) is 1.35. The molecule has 1 unspecified atom stereocenters. The van der Waals surface area contributed by atoms with Crippen LogP contribution in [0.5, 0.6) is 11.5 Å². The van der Waals surface area contributed by atoms with Crippen molar-refractivity contribution in [1.82, 2.24) is 5.32 Å². The van der Waals surface area contributed by atoms with Gasteiger partial charge in [-0.2, -0.15) is 0 Å². The van der Waals surface area contributed by atoms with E-state index in [0.29, 0.717) is 0 Å². The summed E-state index contributed by atoms with van der Waals surface area (Å²) in [6, 6.07) is 10.4. The summed E-state index contributed by atoms with van der Waals surface area (Å²) in [5, 5.41) is 5.46. The normalized spacial score (nSPS) is 12.2. The molecule has 0 aliphatic rings. The molecule has 1 heterocycles. The van der Waals surface area contributed by atoms with Crippen LogP contribution in [0.3, 0.4) is 0 Å². The van der Waals surface area contributed by atoms with Crippen LogP contribution in [-0.2, 0) is 6.42 Å². The van der Waals surface area contributed by atoms with E-state index in [4.69, 9.17) is 9.47 Å². The van der Waals surface area contributed by atoms with E-state index in [1.165, 1.54) is 4.88 Å². The fourth-order valence-corrected chi connectivity index (χ4v) is 2.94. The summed E-state index contributed by atoms with van der Waals surface area (Å²) in [6.45, 7) is 0.